The number of aliphatic hydroxyl groups is 1. The summed E-state index contributed by atoms with van der Waals surface area (Å²) in [6.45, 7) is 4.27. The van der Waals surface area contributed by atoms with Crippen LogP contribution in [-0.2, 0) is 0 Å². The average molecular weight is 457 g/mol. The summed E-state index contributed by atoms with van der Waals surface area (Å²) in [6.07, 6.45) is 3.82. The van der Waals surface area contributed by atoms with Gasteiger partial charge in [0.1, 0.15) is 11.6 Å². The van der Waals surface area contributed by atoms with Crippen molar-refractivity contribution in [1.29, 1.82) is 0 Å². The minimum atomic E-state index is -0.848. The molecule has 0 fully saturated rings. The first kappa shape index (κ1) is 18.7. The van der Waals surface area contributed by atoms with E-state index < -0.39 is 5.72 Å². The number of aliphatic hydroxyl groups excluding tert-OH is 1. The third-order valence-electron chi connectivity index (χ3n) is 5.88. The molecule has 0 saturated carbocycles. The molecule has 0 bridgehead atoms. The standard InChI is InChI=1S/C23H22BrFN2O2/c1-22(2)11-17(28)12-23(13-22)27-20(18-9-15(24)5-8-21(18)29-23)10-19(26-27)14-3-6-16(25)7-4-14/h3-9,12,20,28H,10-11,13H2,1-2H3/t20-,23+/m1/s1. The van der Waals surface area contributed by atoms with Gasteiger partial charge in [0, 0.05) is 35.4 Å². The topological polar surface area (TPSA) is 45.1 Å². The number of nitrogens with zero attached hydrogens (tertiary/aromatic N) is 2. The first-order valence-electron chi connectivity index (χ1n) is 9.77. The molecule has 29 heavy (non-hydrogen) atoms. The number of fused-ring (bicyclic) bond motifs is 4. The van der Waals surface area contributed by atoms with Crippen molar-refractivity contribution in [3.05, 3.63) is 75.7 Å². The van der Waals surface area contributed by atoms with Gasteiger partial charge in [0.2, 0.25) is 5.72 Å². The highest BCUT2D eigenvalue weighted by Crippen LogP contribution is 2.53. The summed E-state index contributed by atoms with van der Waals surface area (Å²) in [5, 5.41) is 17.5. The van der Waals surface area contributed by atoms with Crippen LogP contribution in [0.2, 0.25) is 0 Å². The van der Waals surface area contributed by atoms with Crippen molar-refractivity contribution in [3.8, 4) is 5.75 Å². The number of allylic oxidation sites excluding steroid dienone is 1. The van der Waals surface area contributed by atoms with Gasteiger partial charge in [-0.05, 0) is 41.3 Å². The number of rotatable bonds is 1. The zero-order valence-corrected chi connectivity index (χ0v) is 17.9. The summed E-state index contributed by atoms with van der Waals surface area (Å²) in [4.78, 5) is 0. The van der Waals surface area contributed by atoms with E-state index >= 15 is 0 Å². The third kappa shape index (κ3) is 3.14. The molecule has 6 heteroatoms. The molecule has 0 unspecified atom stereocenters. The molecule has 1 spiro atoms. The van der Waals surface area contributed by atoms with Gasteiger partial charge < -0.3 is 9.84 Å². The molecule has 2 aliphatic heterocycles. The highest BCUT2D eigenvalue weighted by molar-refractivity contribution is 9.10. The second-order valence-corrected chi connectivity index (χ2v) is 9.82. The van der Waals surface area contributed by atoms with Crippen LogP contribution in [0.4, 0.5) is 4.39 Å². The lowest BCUT2D eigenvalue weighted by Crippen LogP contribution is -2.56. The maximum absolute atomic E-state index is 13.4. The first-order valence-corrected chi connectivity index (χ1v) is 10.6. The minimum Gasteiger partial charge on any atom is -0.512 e. The fraction of sp³-hybridized carbons (Fsp3) is 0.348. The van der Waals surface area contributed by atoms with Crippen LogP contribution in [0.5, 0.6) is 5.75 Å². The van der Waals surface area contributed by atoms with Crippen LogP contribution >= 0.6 is 15.9 Å². The highest BCUT2D eigenvalue weighted by atomic mass is 79.9. The second kappa shape index (κ2) is 6.33. The van der Waals surface area contributed by atoms with Crippen molar-refractivity contribution in [1.82, 2.24) is 5.01 Å². The van der Waals surface area contributed by atoms with Crippen LogP contribution in [0.3, 0.4) is 0 Å². The molecule has 150 valence electrons. The van der Waals surface area contributed by atoms with Crippen LogP contribution in [0, 0.1) is 11.2 Å². The Morgan fingerprint density at radius 3 is 2.69 bits per heavy atom. The normalized spacial score (nSPS) is 27.0. The molecule has 4 nitrogen and oxygen atoms in total. The van der Waals surface area contributed by atoms with Gasteiger partial charge in [-0.1, -0.05) is 41.9 Å². The van der Waals surface area contributed by atoms with Gasteiger partial charge in [-0.3, -0.25) is 0 Å². The lowest BCUT2D eigenvalue weighted by Gasteiger charge is -2.50. The Bertz CT molecular complexity index is 1050. The summed E-state index contributed by atoms with van der Waals surface area (Å²) in [5.41, 5.74) is 1.86. The summed E-state index contributed by atoms with van der Waals surface area (Å²) in [6, 6.07) is 12.4. The van der Waals surface area contributed by atoms with Gasteiger partial charge in [-0.25, -0.2) is 9.40 Å². The summed E-state index contributed by atoms with van der Waals surface area (Å²) < 4.78 is 20.9. The number of hydrogen-bond donors (Lipinski definition) is 1. The fourth-order valence-electron chi connectivity index (χ4n) is 4.84. The average Bonchev–Trinajstić information content (AvgIpc) is 3.08. The van der Waals surface area contributed by atoms with Crippen LogP contribution in [-0.4, -0.2) is 21.6 Å². The van der Waals surface area contributed by atoms with Gasteiger partial charge in [-0.15, -0.1) is 0 Å². The Morgan fingerprint density at radius 2 is 1.97 bits per heavy atom. The van der Waals surface area contributed by atoms with E-state index in [1.807, 2.05) is 23.2 Å². The molecule has 2 aromatic rings. The molecular weight excluding hydrogens is 435 g/mol. The van der Waals surface area contributed by atoms with Crippen molar-refractivity contribution < 1.29 is 14.2 Å². The Labute approximate surface area is 177 Å². The van der Waals surface area contributed by atoms with Crippen molar-refractivity contribution >= 4 is 21.6 Å². The van der Waals surface area contributed by atoms with Crippen molar-refractivity contribution in [2.45, 2.75) is 44.9 Å². The number of ether oxygens (including phenoxy) is 1. The van der Waals surface area contributed by atoms with E-state index in [9.17, 15) is 9.50 Å². The molecule has 3 aliphatic rings. The van der Waals surface area contributed by atoms with E-state index in [4.69, 9.17) is 9.84 Å². The molecule has 1 aliphatic carbocycles. The fourth-order valence-corrected chi connectivity index (χ4v) is 5.22. The summed E-state index contributed by atoms with van der Waals surface area (Å²) in [5.74, 6) is 0.874. The Balaban J connectivity index is 1.66. The largest absolute Gasteiger partial charge is 0.512 e. The van der Waals surface area contributed by atoms with Crippen molar-refractivity contribution in [3.63, 3.8) is 0 Å². The number of hydrazone groups is 1. The second-order valence-electron chi connectivity index (χ2n) is 8.90. The molecule has 0 radical (unpaired) electrons. The molecule has 1 N–H and O–H groups in total. The van der Waals surface area contributed by atoms with Crippen LogP contribution in [0.15, 0.2) is 63.9 Å². The molecule has 2 heterocycles. The Morgan fingerprint density at radius 1 is 1.21 bits per heavy atom. The number of benzene rings is 2. The van der Waals surface area contributed by atoms with E-state index in [0.717, 1.165) is 27.1 Å². The van der Waals surface area contributed by atoms with E-state index in [1.54, 1.807) is 12.1 Å². The quantitative estimate of drug-likeness (QED) is 0.564. The van der Waals surface area contributed by atoms with Crippen LogP contribution in [0.1, 0.15) is 50.3 Å². The monoisotopic (exact) mass is 456 g/mol. The van der Waals surface area contributed by atoms with E-state index in [2.05, 4.69) is 35.8 Å². The Hall–Kier alpha value is -2.34. The molecular formula is C23H22BrFN2O2. The molecule has 0 amide bonds. The first-order chi connectivity index (χ1) is 13.7. The smallest absolute Gasteiger partial charge is 0.221 e. The van der Waals surface area contributed by atoms with Crippen LogP contribution < -0.4 is 4.74 Å². The maximum atomic E-state index is 13.4. The van der Waals surface area contributed by atoms with Gasteiger partial charge in [0.15, 0.2) is 0 Å². The van der Waals surface area contributed by atoms with E-state index in [1.165, 1.54) is 12.1 Å². The number of halogens is 2. The summed E-state index contributed by atoms with van der Waals surface area (Å²) >= 11 is 3.57. The van der Waals surface area contributed by atoms with E-state index in [-0.39, 0.29) is 17.3 Å². The predicted octanol–water partition coefficient (Wildman–Crippen LogP) is 6.09. The SMILES string of the molecule is CC1(C)CC(O)=C[C@@]2(C1)Oc1ccc(Br)cc1[C@H]1CC(c3ccc(F)cc3)=NN12. The molecule has 2 atom stereocenters. The molecule has 5 rings (SSSR count). The highest BCUT2D eigenvalue weighted by Gasteiger charge is 2.53. The zero-order chi connectivity index (χ0) is 20.4. The lowest BCUT2D eigenvalue weighted by molar-refractivity contribution is -0.115. The zero-order valence-electron chi connectivity index (χ0n) is 16.3. The van der Waals surface area contributed by atoms with Crippen LogP contribution in [0.25, 0.3) is 0 Å². The van der Waals surface area contributed by atoms with Crippen molar-refractivity contribution in [2.75, 3.05) is 0 Å². The van der Waals surface area contributed by atoms with Gasteiger partial charge in [0.25, 0.3) is 0 Å². The lowest BCUT2D eigenvalue weighted by atomic mass is 9.75. The van der Waals surface area contributed by atoms with Gasteiger partial charge in [-0.2, -0.15) is 5.10 Å². The summed E-state index contributed by atoms with van der Waals surface area (Å²) in [7, 11) is 0. The maximum Gasteiger partial charge on any atom is 0.221 e. The van der Waals surface area contributed by atoms with Crippen molar-refractivity contribution in [2.24, 2.45) is 10.5 Å². The minimum absolute atomic E-state index is 0.0192. The molecule has 2 aromatic carbocycles. The third-order valence-corrected chi connectivity index (χ3v) is 6.37. The van der Waals surface area contributed by atoms with Gasteiger partial charge in [0.05, 0.1) is 17.5 Å². The number of hydrogen-bond acceptors (Lipinski definition) is 4. The predicted molar refractivity (Wildman–Crippen MR) is 113 cm³/mol. The van der Waals surface area contributed by atoms with E-state index in [0.29, 0.717) is 25.0 Å². The Kier molecular flexibility index (Phi) is 4.07. The van der Waals surface area contributed by atoms with Gasteiger partial charge >= 0.3 is 0 Å². The molecule has 0 saturated heterocycles. The molecule has 0 aromatic heterocycles.